The number of nitrogens with one attached hydrogen (secondary N) is 1. The molecule has 6 nitrogen and oxygen atoms in total. The maximum atomic E-state index is 12.5. The SMILES string of the molecule is Cc1cc(C)c(S(=O)(=O)NC2CCN(C)C2)cc1C(=O)O. The Kier molecular flexibility index (Phi) is 4.36. The third-order valence-corrected chi connectivity index (χ3v) is 5.42. The summed E-state index contributed by atoms with van der Waals surface area (Å²) in [5, 5.41) is 9.14. The molecule has 2 N–H and O–H groups in total. The van der Waals surface area contributed by atoms with Gasteiger partial charge in [-0.25, -0.2) is 17.9 Å². The molecule has 0 aliphatic carbocycles. The van der Waals surface area contributed by atoms with Crippen molar-refractivity contribution in [3.63, 3.8) is 0 Å². The Labute approximate surface area is 124 Å². The zero-order chi connectivity index (χ0) is 15.8. The Hall–Kier alpha value is -1.44. The van der Waals surface area contributed by atoms with Crippen LogP contribution in [0.5, 0.6) is 0 Å². The van der Waals surface area contributed by atoms with Crippen LogP contribution in [0.15, 0.2) is 17.0 Å². The molecule has 0 saturated carbocycles. The molecule has 1 fully saturated rings. The van der Waals surface area contributed by atoms with Crippen molar-refractivity contribution in [1.29, 1.82) is 0 Å². The zero-order valence-corrected chi connectivity index (χ0v) is 13.2. The van der Waals surface area contributed by atoms with Crippen LogP contribution in [0.3, 0.4) is 0 Å². The van der Waals surface area contributed by atoms with E-state index in [4.69, 9.17) is 5.11 Å². The topological polar surface area (TPSA) is 86.7 Å². The van der Waals surface area contributed by atoms with Crippen molar-refractivity contribution in [2.45, 2.75) is 31.2 Å². The van der Waals surface area contributed by atoms with Crippen molar-refractivity contribution >= 4 is 16.0 Å². The lowest BCUT2D eigenvalue weighted by Crippen LogP contribution is -2.36. The number of benzene rings is 1. The van der Waals surface area contributed by atoms with Gasteiger partial charge in [0.1, 0.15) is 0 Å². The summed E-state index contributed by atoms with van der Waals surface area (Å²) >= 11 is 0. The highest BCUT2D eigenvalue weighted by Crippen LogP contribution is 2.22. The van der Waals surface area contributed by atoms with Gasteiger partial charge in [0.05, 0.1) is 10.5 Å². The molecule has 1 unspecified atom stereocenters. The molecule has 1 aliphatic rings. The van der Waals surface area contributed by atoms with Crippen LogP contribution in [0.4, 0.5) is 0 Å². The largest absolute Gasteiger partial charge is 0.478 e. The van der Waals surface area contributed by atoms with Crippen molar-refractivity contribution < 1.29 is 18.3 Å². The first-order valence-corrected chi connectivity index (χ1v) is 8.24. The summed E-state index contributed by atoms with van der Waals surface area (Å²) in [4.78, 5) is 13.3. The third-order valence-electron chi connectivity index (χ3n) is 3.76. The van der Waals surface area contributed by atoms with Gasteiger partial charge in [-0.3, -0.25) is 0 Å². The predicted molar refractivity (Wildman–Crippen MR) is 79.1 cm³/mol. The van der Waals surface area contributed by atoms with E-state index in [2.05, 4.69) is 9.62 Å². The molecule has 0 bridgehead atoms. The van der Waals surface area contributed by atoms with E-state index in [-0.39, 0.29) is 16.5 Å². The van der Waals surface area contributed by atoms with Crippen molar-refractivity contribution in [3.8, 4) is 0 Å². The van der Waals surface area contributed by atoms with Gasteiger partial charge in [0.25, 0.3) is 0 Å². The van der Waals surface area contributed by atoms with E-state index in [0.29, 0.717) is 17.7 Å². The standard InChI is InChI=1S/C14H20N2O4S/c1-9-6-10(2)13(7-12(9)14(17)18)21(19,20)15-11-4-5-16(3)8-11/h6-7,11,15H,4-5,8H2,1-3H3,(H,17,18). The number of carbonyl (C=O) groups is 1. The molecule has 0 amide bonds. The number of carboxylic acid groups (broad SMARTS) is 1. The van der Waals surface area contributed by atoms with Gasteiger partial charge < -0.3 is 10.0 Å². The first-order valence-electron chi connectivity index (χ1n) is 6.76. The molecule has 1 saturated heterocycles. The van der Waals surface area contributed by atoms with Crippen LogP contribution in [0, 0.1) is 13.8 Å². The molecular formula is C14H20N2O4S. The Bertz CT molecular complexity index is 670. The summed E-state index contributed by atoms with van der Waals surface area (Å²) in [6, 6.07) is 2.71. The van der Waals surface area contributed by atoms with Crippen LogP contribution in [-0.2, 0) is 10.0 Å². The number of likely N-dealkylation sites (N-methyl/N-ethyl adjacent to an activating group) is 1. The highest BCUT2D eigenvalue weighted by atomic mass is 32.2. The fourth-order valence-electron chi connectivity index (χ4n) is 2.67. The Morgan fingerprint density at radius 1 is 1.33 bits per heavy atom. The van der Waals surface area contributed by atoms with Crippen LogP contribution >= 0.6 is 0 Å². The average molecular weight is 312 g/mol. The molecule has 7 heteroatoms. The number of hydrogen-bond acceptors (Lipinski definition) is 4. The summed E-state index contributed by atoms with van der Waals surface area (Å²) in [6.07, 6.45) is 0.756. The minimum atomic E-state index is -3.71. The second-order valence-electron chi connectivity index (χ2n) is 5.61. The molecule has 1 aromatic rings. The molecule has 0 spiro atoms. The summed E-state index contributed by atoms with van der Waals surface area (Å²) in [5.41, 5.74) is 1.13. The summed E-state index contributed by atoms with van der Waals surface area (Å²) in [7, 11) is -1.77. The van der Waals surface area contributed by atoms with E-state index in [1.807, 2.05) is 7.05 Å². The molecule has 1 aliphatic heterocycles. The number of aryl methyl sites for hydroxylation is 2. The maximum Gasteiger partial charge on any atom is 0.335 e. The van der Waals surface area contributed by atoms with Crippen LogP contribution in [-0.4, -0.2) is 50.6 Å². The fourth-order valence-corrected chi connectivity index (χ4v) is 4.18. The number of hydrogen-bond donors (Lipinski definition) is 2. The normalized spacial score (nSPS) is 19.9. The predicted octanol–water partition coefficient (Wildman–Crippen LogP) is 0.984. The maximum absolute atomic E-state index is 12.5. The van der Waals surface area contributed by atoms with E-state index < -0.39 is 16.0 Å². The summed E-state index contributed by atoms with van der Waals surface area (Å²) < 4.78 is 27.6. The average Bonchev–Trinajstić information content (AvgIpc) is 2.72. The van der Waals surface area contributed by atoms with E-state index in [1.165, 1.54) is 6.07 Å². The molecular weight excluding hydrogens is 292 g/mol. The number of aromatic carboxylic acids is 1. The second-order valence-corrected chi connectivity index (χ2v) is 7.29. The molecule has 116 valence electrons. The number of likely N-dealkylation sites (tertiary alicyclic amines) is 1. The number of carboxylic acids is 1. The number of sulfonamides is 1. The van der Waals surface area contributed by atoms with E-state index in [1.54, 1.807) is 19.9 Å². The molecule has 0 aromatic heterocycles. The minimum absolute atomic E-state index is 0.0181. The van der Waals surface area contributed by atoms with Gasteiger partial charge in [-0.15, -0.1) is 0 Å². The zero-order valence-electron chi connectivity index (χ0n) is 12.4. The van der Waals surface area contributed by atoms with Gasteiger partial charge >= 0.3 is 5.97 Å². The summed E-state index contributed by atoms with van der Waals surface area (Å²) in [5.74, 6) is -1.12. The molecule has 21 heavy (non-hydrogen) atoms. The fraction of sp³-hybridized carbons (Fsp3) is 0.500. The highest BCUT2D eigenvalue weighted by Gasteiger charge is 2.27. The number of nitrogens with zero attached hydrogens (tertiary/aromatic N) is 1. The minimum Gasteiger partial charge on any atom is -0.478 e. The van der Waals surface area contributed by atoms with Crippen LogP contribution < -0.4 is 4.72 Å². The molecule has 1 heterocycles. The van der Waals surface area contributed by atoms with E-state index >= 15 is 0 Å². The molecule has 1 atom stereocenters. The van der Waals surface area contributed by atoms with Gasteiger partial charge in [0.2, 0.25) is 10.0 Å². The first-order chi connectivity index (χ1) is 9.70. The van der Waals surface area contributed by atoms with Crippen LogP contribution in [0.2, 0.25) is 0 Å². The van der Waals surface area contributed by atoms with Crippen molar-refractivity contribution in [2.24, 2.45) is 0 Å². The van der Waals surface area contributed by atoms with Crippen molar-refractivity contribution in [1.82, 2.24) is 9.62 Å². The van der Waals surface area contributed by atoms with Crippen LogP contribution in [0.25, 0.3) is 0 Å². The highest BCUT2D eigenvalue weighted by molar-refractivity contribution is 7.89. The monoisotopic (exact) mass is 312 g/mol. The Morgan fingerprint density at radius 2 is 2.00 bits per heavy atom. The second kappa shape index (κ2) is 5.75. The third kappa shape index (κ3) is 3.42. The quantitative estimate of drug-likeness (QED) is 0.865. The van der Waals surface area contributed by atoms with Gasteiger partial charge in [-0.1, -0.05) is 6.07 Å². The lowest BCUT2D eigenvalue weighted by atomic mass is 10.1. The van der Waals surface area contributed by atoms with E-state index in [0.717, 1.165) is 13.0 Å². The van der Waals surface area contributed by atoms with E-state index in [9.17, 15) is 13.2 Å². The smallest absolute Gasteiger partial charge is 0.335 e. The molecule has 2 rings (SSSR count). The van der Waals surface area contributed by atoms with Gasteiger partial charge in [-0.05, 0) is 51.1 Å². The lowest BCUT2D eigenvalue weighted by Gasteiger charge is -2.16. The Balaban J connectivity index is 2.35. The first kappa shape index (κ1) is 15.9. The van der Waals surface area contributed by atoms with Crippen molar-refractivity contribution in [2.75, 3.05) is 20.1 Å². The van der Waals surface area contributed by atoms with Gasteiger partial charge in [0.15, 0.2) is 0 Å². The summed E-state index contributed by atoms with van der Waals surface area (Å²) in [6.45, 7) is 4.84. The van der Waals surface area contributed by atoms with Gasteiger partial charge in [0, 0.05) is 12.6 Å². The molecule has 1 aromatic carbocycles. The Morgan fingerprint density at radius 3 is 2.52 bits per heavy atom. The van der Waals surface area contributed by atoms with Gasteiger partial charge in [-0.2, -0.15) is 0 Å². The van der Waals surface area contributed by atoms with Crippen LogP contribution in [0.1, 0.15) is 27.9 Å². The number of rotatable bonds is 4. The molecule has 0 radical (unpaired) electrons. The lowest BCUT2D eigenvalue weighted by molar-refractivity contribution is 0.0696. The van der Waals surface area contributed by atoms with Crippen molar-refractivity contribution in [3.05, 3.63) is 28.8 Å².